The molecular formula is C11H14ClN3O3S2. The quantitative estimate of drug-likeness (QED) is 0.801. The van der Waals surface area contributed by atoms with Crippen LogP contribution < -0.4 is 10.5 Å². The number of nitrogens with one attached hydrogen (secondary N) is 1. The third kappa shape index (κ3) is 3.58. The summed E-state index contributed by atoms with van der Waals surface area (Å²) in [5.41, 5.74) is 6.29. The smallest absolute Gasteiger partial charge is 0.301 e. The van der Waals surface area contributed by atoms with Crippen molar-refractivity contribution in [2.45, 2.75) is 0 Å². The molecule has 1 aromatic rings. The van der Waals surface area contributed by atoms with E-state index in [4.69, 9.17) is 34.3 Å². The van der Waals surface area contributed by atoms with E-state index in [2.05, 4.69) is 4.72 Å². The lowest BCUT2D eigenvalue weighted by Crippen LogP contribution is -2.43. The average Bonchev–Trinajstić information content (AvgIpc) is 2.39. The number of benzene rings is 1. The van der Waals surface area contributed by atoms with Crippen molar-refractivity contribution in [3.05, 3.63) is 28.8 Å². The summed E-state index contributed by atoms with van der Waals surface area (Å²) < 4.78 is 33.5. The molecule has 0 saturated carbocycles. The van der Waals surface area contributed by atoms with Gasteiger partial charge in [-0.3, -0.25) is 4.72 Å². The maximum Gasteiger partial charge on any atom is 0.301 e. The summed E-state index contributed by atoms with van der Waals surface area (Å²) in [6, 6.07) is 4.67. The van der Waals surface area contributed by atoms with Crippen LogP contribution >= 0.6 is 23.8 Å². The number of hydrogen-bond donors (Lipinski definition) is 2. The molecule has 9 heteroatoms. The van der Waals surface area contributed by atoms with Gasteiger partial charge in [0.2, 0.25) is 0 Å². The summed E-state index contributed by atoms with van der Waals surface area (Å²) >= 11 is 10.8. The molecule has 1 saturated heterocycles. The topological polar surface area (TPSA) is 84.7 Å². The molecule has 0 atom stereocenters. The molecule has 0 aromatic heterocycles. The van der Waals surface area contributed by atoms with E-state index in [1.165, 1.54) is 10.4 Å². The Morgan fingerprint density at radius 2 is 2.05 bits per heavy atom. The number of nitrogens with two attached hydrogens (primary N) is 1. The van der Waals surface area contributed by atoms with Crippen LogP contribution in [0.2, 0.25) is 5.02 Å². The van der Waals surface area contributed by atoms with Crippen LogP contribution in [0.4, 0.5) is 5.69 Å². The fourth-order valence-corrected chi connectivity index (χ4v) is 3.36. The third-order valence-corrected chi connectivity index (χ3v) is 4.77. The molecule has 0 spiro atoms. The molecule has 0 unspecified atom stereocenters. The van der Waals surface area contributed by atoms with Gasteiger partial charge in [-0.1, -0.05) is 23.8 Å². The van der Waals surface area contributed by atoms with Gasteiger partial charge in [0.1, 0.15) is 4.99 Å². The lowest BCUT2D eigenvalue weighted by atomic mass is 10.2. The molecule has 3 N–H and O–H groups in total. The third-order valence-electron chi connectivity index (χ3n) is 2.80. The summed E-state index contributed by atoms with van der Waals surface area (Å²) in [4.78, 5) is 0.0985. The lowest BCUT2D eigenvalue weighted by Gasteiger charge is -2.26. The standard InChI is InChI=1S/C11H14ClN3O3S2/c12-8-1-2-9(11(13)19)10(7-8)14-20(16,17)15-3-5-18-6-4-15/h1-2,7,14H,3-6H2,(H2,13,19). The highest BCUT2D eigenvalue weighted by atomic mass is 35.5. The van der Waals surface area contributed by atoms with E-state index >= 15 is 0 Å². The van der Waals surface area contributed by atoms with E-state index in [-0.39, 0.29) is 10.7 Å². The Kier molecular flexibility index (Phi) is 4.82. The van der Waals surface area contributed by atoms with E-state index in [1.54, 1.807) is 12.1 Å². The number of halogens is 1. The highest BCUT2D eigenvalue weighted by Gasteiger charge is 2.25. The van der Waals surface area contributed by atoms with E-state index < -0.39 is 10.2 Å². The first-order chi connectivity index (χ1) is 9.40. The molecule has 1 heterocycles. The molecule has 6 nitrogen and oxygen atoms in total. The van der Waals surface area contributed by atoms with Gasteiger partial charge in [-0.25, -0.2) is 0 Å². The predicted molar refractivity (Wildman–Crippen MR) is 82.3 cm³/mol. The molecule has 20 heavy (non-hydrogen) atoms. The van der Waals surface area contributed by atoms with Gasteiger partial charge in [0.15, 0.2) is 0 Å². The first-order valence-electron chi connectivity index (χ1n) is 5.85. The zero-order valence-corrected chi connectivity index (χ0v) is 12.9. The maximum atomic E-state index is 12.3. The normalized spacial score (nSPS) is 16.9. The molecular weight excluding hydrogens is 322 g/mol. The van der Waals surface area contributed by atoms with E-state index in [0.717, 1.165) is 0 Å². The second-order valence-electron chi connectivity index (χ2n) is 4.17. The molecule has 1 aromatic carbocycles. The average molecular weight is 336 g/mol. The van der Waals surface area contributed by atoms with Gasteiger partial charge in [0.05, 0.1) is 18.9 Å². The highest BCUT2D eigenvalue weighted by Crippen LogP contribution is 2.23. The summed E-state index contributed by atoms with van der Waals surface area (Å²) in [6.07, 6.45) is 0. The molecule has 2 rings (SSSR count). The fourth-order valence-electron chi connectivity index (χ4n) is 1.81. The monoisotopic (exact) mass is 335 g/mol. The minimum Gasteiger partial charge on any atom is -0.389 e. The summed E-state index contributed by atoms with van der Waals surface area (Å²) in [5.74, 6) is 0. The van der Waals surface area contributed by atoms with Crippen molar-refractivity contribution >= 4 is 44.7 Å². The molecule has 0 aliphatic carbocycles. The second-order valence-corrected chi connectivity index (χ2v) is 6.72. The van der Waals surface area contributed by atoms with Crippen molar-refractivity contribution in [2.24, 2.45) is 5.73 Å². The Labute approximate surface area is 128 Å². The zero-order chi connectivity index (χ0) is 14.8. The Hall–Kier alpha value is -0.930. The van der Waals surface area contributed by atoms with Gasteiger partial charge in [0, 0.05) is 23.7 Å². The Morgan fingerprint density at radius 1 is 1.40 bits per heavy atom. The molecule has 1 aliphatic heterocycles. The number of rotatable bonds is 4. The fraction of sp³-hybridized carbons (Fsp3) is 0.364. The van der Waals surface area contributed by atoms with E-state index in [9.17, 15) is 8.42 Å². The second kappa shape index (κ2) is 6.23. The van der Waals surface area contributed by atoms with Crippen molar-refractivity contribution in [1.29, 1.82) is 0 Å². The van der Waals surface area contributed by atoms with Gasteiger partial charge in [-0.2, -0.15) is 12.7 Å². The van der Waals surface area contributed by atoms with Crippen LogP contribution in [0.1, 0.15) is 5.56 Å². The molecule has 0 bridgehead atoms. The molecule has 110 valence electrons. The Morgan fingerprint density at radius 3 is 2.65 bits per heavy atom. The van der Waals surface area contributed by atoms with Crippen molar-refractivity contribution in [2.75, 3.05) is 31.0 Å². The molecule has 0 radical (unpaired) electrons. The van der Waals surface area contributed by atoms with Gasteiger partial charge in [-0.15, -0.1) is 0 Å². The van der Waals surface area contributed by atoms with Crippen LogP contribution in [0.5, 0.6) is 0 Å². The van der Waals surface area contributed by atoms with E-state index in [0.29, 0.717) is 36.9 Å². The largest absolute Gasteiger partial charge is 0.389 e. The van der Waals surface area contributed by atoms with Gasteiger partial charge in [0.25, 0.3) is 0 Å². The van der Waals surface area contributed by atoms with Crippen molar-refractivity contribution in [3.8, 4) is 0 Å². The van der Waals surface area contributed by atoms with Crippen LogP contribution in [0, 0.1) is 0 Å². The number of morpholine rings is 1. The summed E-state index contributed by atoms with van der Waals surface area (Å²) in [7, 11) is -3.68. The van der Waals surface area contributed by atoms with Gasteiger partial charge < -0.3 is 10.5 Å². The van der Waals surface area contributed by atoms with Crippen molar-refractivity contribution in [1.82, 2.24) is 4.31 Å². The van der Waals surface area contributed by atoms with Gasteiger partial charge in [-0.05, 0) is 18.2 Å². The molecule has 0 amide bonds. The van der Waals surface area contributed by atoms with Crippen LogP contribution in [-0.4, -0.2) is 44.0 Å². The SMILES string of the molecule is NC(=S)c1ccc(Cl)cc1NS(=O)(=O)N1CCOCC1. The minimum atomic E-state index is -3.68. The Bertz CT molecular complexity index is 615. The summed E-state index contributed by atoms with van der Waals surface area (Å²) in [6.45, 7) is 1.35. The lowest BCUT2D eigenvalue weighted by molar-refractivity contribution is 0.0733. The highest BCUT2D eigenvalue weighted by molar-refractivity contribution is 7.90. The first-order valence-corrected chi connectivity index (χ1v) is 8.08. The number of hydrogen-bond acceptors (Lipinski definition) is 4. The molecule has 1 aliphatic rings. The summed E-state index contributed by atoms with van der Waals surface area (Å²) in [5, 5.41) is 0.393. The predicted octanol–water partition coefficient (Wildman–Crippen LogP) is 0.963. The molecule has 1 fully saturated rings. The van der Waals surface area contributed by atoms with Crippen LogP contribution in [0.25, 0.3) is 0 Å². The number of nitrogens with zero attached hydrogens (tertiary/aromatic N) is 1. The Balaban J connectivity index is 2.28. The zero-order valence-electron chi connectivity index (χ0n) is 10.5. The maximum absolute atomic E-state index is 12.3. The van der Waals surface area contributed by atoms with Crippen LogP contribution in [-0.2, 0) is 14.9 Å². The first kappa shape index (κ1) is 15.5. The van der Waals surface area contributed by atoms with Crippen LogP contribution in [0.15, 0.2) is 18.2 Å². The number of ether oxygens (including phenoxy) is 1. The number of anilines is 1. The minimum absolute atomic E-state index is 0.0985. The van der Waals surface area contributed by atoms with Gasteiger partial charge >= 0.3 is 10.2 Å². The number of thiocarbonyl (C=S) groups is 1. The van der Waals surface area contributed by atoms with E-state index in [1.807, 2.05) is 0 Å². The van der Waals surface area contributed by atoms with Crippen molar-refractivity contribution < 1.29 is 13.2 Å². The van der Waals surface area contributed by atoms with Crippen molar-refractivity contribution in [3.63, 3.8) is 0 Å². The van der Waals surface area contributed by atoms with Crippen LogP contribution in [0.3, 0.4) is 0 Å².